The van der Waals surface area contributed by atoms with Crippen LogP contribution in [-0.2, 0) is 23.0 Å². The molecule has 1 aromatic carbocycles. The zero-order chi connectivity index (χ0) is 18.5. The number of hydrogen-bond acceptors (Lipinski definition) is 4. The van der Waals surface area contributed by atoms with Gasteiger partial charge in [0.2, 0.25) is 10.0 Å². The second-order valence-corrected chi connectivity index (χ2v) is 9.04. The van der Waals surface area contributed by atoms with E-state index in [4.69, 9.17) is 0 Å². The second-order valence-electron chi connectivity index (χ2n) is 7.10. The first-order valence-electron chi connectivity index (χ1n) is 8.79. The topological polar surface area (TPSA) is 67.6 Å². The van der Waals surface area contributed by atoms with Crippen molar-refractivity contribution < 1.29 is 8.42 Å². The molecule has 1 aliphatic rings. The molecule has 0 bridgehead atoms. The molecule has 7 heteroatoms. The summed E-state index contributed by atoms with van der Waals surface area (Å²) in [5.74, 6) is 0.375. The Labute approximate surface area is 153 Å². The maximum Gasteiger partial charge on any atom is 0.243 e. The normalized spacial score (nSPS) is 15.5. The molecule has 0 unspecified atom stereocenters. The summed E-state index contributed by atoms with van der Waals surface area (Å²) >= 11 is 0. The number of nitrogens with zero attached hydrogens (tertiary/aromatic N) is 4. The summed E-state index contributed by atoms with van der Waals surface area (Å²) in [6, 6.07) is 9.14. The molecule has 0 aliphatic carbocycles. The number of sulfonamides is 1. The van der Waals surface area contributed by atoms with Crippen molar-refractivity contribution >= 4 is 15.7 Å². The SMILES string of the molecule is Cc1cc2ncc3c(n2n1)CCN(S(=O)(=O)c1ccc(C(C)C)cc1)C3. The third kappa shape index (κ3) is 2.81. The molecule has 0 saturated heterocycles. The lowest BCUT2D eigenvalue weighted by atomic mass is 10.0. The molecule has 0 radical (unpaired) electrons. The maximum absolute atomic E-state index is 13.0. The van der Waals surface area contributed by atoms with Gasteiger partial charge in [0.05, 0.1) is 16.3 Å². The van der Waals surface area contributed by atoms with E-state index in [1.807, 2.05) is 29.6 Å². The first kappa shape index (κ1) is 17.2. The molecule has 4 rings (SSSR count). The van der Waals surface area contributed by atoms with Crippen LogP contribution in [0.25, 0.3) is 5.65 Å². The van der Waals surface area contributed by atoms with Crippen molar-refractivity contribution in [2.24, 2.45) is 0 Å². The lowest BCUT2D eigenvalue weighted by Crippen LogP contribution is -2.37. The fourth-order valence-electron chi connectivity index (χ4n) is 3.41. The molecule has 3 aromatic rings. The summed E-state index contributed by atoms with van der Waals surface area (Å²) in [5, 5.41) is 4.48. The highest BCUT2D eigenvalue weighted by Gasteiger charge is 2.30. The Morgan fingerprint density at radius 3 is 2.58 bits per heavy atom. The Bertz CT molecular complexity index is 1070. The minimum absolute atomic E-state index is 0.325. The predicted octanol–water partition coefficient (Wildman–Crippen LogP) is 2.91. The van der Waals surface area contributed by atoms with E-state index in [0.717, 1.165) is 28.2 Å². The minimum Gasteiger partial charge on any atom is -0.237 e. The average molecular weight is 370 g/mol. The summed E-state index contributed by atoms with van der Waals surface area (Å²) < 4.78 is 29.4. The fourth-order valence-corrected chi connectivity index (χ4v) is 4.83. The van der Waals surface area contributed by atoms with E-state index in [1.54, 1.807) is 18.3 Å². The van der Waals surface area contributed by atoms with Crippen LogP contribution < -0.4 is 0 Å². The van der Waals surface area contributed by atoms with E-state index in [1.165, 1.54) is 4.31 Å². The summed E-state index contributed by atoms with van der Waals surface area (Å²) in [5.41, 5.74) is 4.81. The van der Waals surface area contributed by atoms with Crippen LogP contribution in [0.2, 0.25) is 0 Å². The predicted molar refractivity (Wildman–Crippen MR) is 99.6 cm³/mol. The number of benzene rings is 1. The maximum atomic E-state index is 13.0. The van der Waals surface area contributed by atoms with Gasteiger partial charge in [-0.1, -0.05) is 26.0 Å². The quantitative estimate of drug-likeness (QED) is 0.711. The standard InChI is InChI=1S/C19H22N4O2S/c1-13(2)15-4-6-17(7-5-15)26(24,25)22-9-8-18-16(12-22)11-20-19-10-14(3)21-23(18)19/h4-7,10-11,13H,8-9,12H2,1-3H3. The average Bonchev–Trinajstić information content (AvgIpc) is 3.02. The lowest BCUT2D eigenvalue weighted by Gasteiger charge is -2.28. The van der Waals surface area contributed by atoms with Gasteiger partial charge in [-0.15, -0.1) is 0 Å². The molecule has 6 nitrogen and oxygen atoms in total. The second kappa shape index (κ2) is 6.17. The van der Waals surface area contributed by atoms with Crippen LogP contribution in [0.3, 0.4) is 0 Å². The molecule has 0 spiro atoms. The fraction of sp³-hybridized carbons (Fsp3) is 0.368. The van der Waals surface area contributed by atoms with Crippen molar-refractivity contribution in [1.29, 1.82) is 0 Å². The Balaban J connectivity index is 1.66. The first-order valence-corrected chi connectivity index (χ1v) is 10.2. The Morgan fingerprint density at radius 2 is 1.88 bits per heavy atom. The van der Waals surface area contributed by atoms with Crippen LogP contribution >= 0.6 is 0 Å². The third-order valence-electron chi connectivity index (χ3n) is 4.92. The molecule has 0 N–H and O–H groups in total. The van der Waals surface area contributed by atoms with Gasteiger partial charge in [-0.3, -0.25) is 0 Å². The molecule has 1 aliphatic heterocycles. The number of aromatic nitrogens is 3. The van der Waals surface area contributed by atoms with Gasteiger partial charge in [0.25, 0.3) is 0 Å². The van der Waals surface area contributed by atoms with E-state index in [2.05, 4.69) is 23.9 Å². The van der Waals surface area contributed by atoms with Crippen LogP contribution in [0.4, 0.5) is 0 Å². The van der Waals surface area contributed by atoms with E-state index >= 15 is 0 Å². The number of rotatable bonds is 3. The molecule has 2 aromatic heterocycles. The Morgan fingerprint density at radius 1 is 1.15 bits per heavy atom. The van der Waals surface area contributed by atoms with Gasteiger partial charge in [0, 0.05) is 37.3 Å². The van der Waals surface area contributed by atoms with Gasteiger partial charge in [0.15, 0.2) is 5.65 Å². The Hall–Kier alpha value is -2.25. The van der Waals surface area contributed by atoms with Crippen molar-refractivity contribution in [3.63, 3.8) is 0 Å². The van der Waals surface area contributed by atoms with Gasteiger partial charge < -0.3 is 0 Å². The van der Waals surface area contributed by atoms with Crippen LogP contribution in [0.1, 0.15) is 42.3 Å². The van der Waals surface area contributed by atoms with Crippen LogP contribution in [-0.4, -0.2) is 33.9 Å². The largest absolute Gasteiger partial charge is 0.243 e. The highest BCUT2D eigenvalue weighted by atomic mass is 32.2. The third-order valence-corrected chi connectivity index (χ3v) is 6.78. The number of fused-ring (bicyclic) bond motifs is 3. The molecule has 0 atom stereocenters. The van der Waals surface area contributed by atoms with Crippen LogP contribution in [0, 0.1) is 6.92 Å². The summed E-state index contributed by atoms with van der Waals surface area (Å²) in [6.07, 6.45) is 2.40. The molecule has 0 amide bonds. The van der Waals surface area contributed by atoms with Gasteiger partial charge in [-0.2, -0.15) is 9.40 Å². The van der Waals surface area contributed by atoms with Crippen LogP contribution in [0.5, 0.6) is 0 Å². The summed E-state index contributed by atoms with van der Waals surface area (Å²) in [6.45, 7) is 6.89. The van der Waals surface area contributed by atoms with E-state index in [9.17, 15) is 8.42 Å². The van der Waals surface area contributed by atoms with Crippen LogP contribution in [0.15, 0.2) is 41.4 Å². The van der Waals surface area contributed by atoms with Crippen molar-refractivity contribution in [1.82, 2.24) is 18.9 Å². The zero-order valence-electron chi connectivity index (χ0n) is 15.2. The highest BCUT2D eigenvalue weighted by molar-refractivity contribution is 7.89. The Kier molecular flexibility index (Phi) is 4.08. The minimum atomic E-state index is -3.52. The lowest BCUT2D eigenvalue weighted by molar-refractivity contribution is 0.384. The van der Waals surface area contributed by atoms with Crippen molar-refractivity contribution in [3.05, 3.63) is 59.0 Å². The van der Waals surface area contributed by atoms with Gasteiger partial charge in [-0.25, -0.2) is 17.9 Å². The summed E-state index contributed by atoms with van der Waals surface area (Å²) in [7, 11) is -3.52. The van der Waals surface area contributed by atoms with Crippen molar-refractivity contribution in [2.75, 3.05) is 6.54 Å². The number of aryl methyl sites for hydroxylation is 1. The smallest absolute Gasteiger partial charge is 0.237 e. The van der Waals surface area contributed by atoms with Gasteiger partial charge >= 0.3 is 0 Å². The van der Waals surface area contributed by atoms with E-state index in [-0.39, 0.29) is 0 Å². The van der Waals surface area contributed by atoms with Gasteiger partial charge in [-0.05, 0) is 30.5 Å². The molecule has 3 heterocycles. The number of hydrogen-bond donors (Lipinski definition) is 0. The van der Waals surface area contributed by atoms with Crippen molar-refractivity contribution in [3.8, 4) is 0 Å². The monoisotopic (exact) mass is 370 g/mol. The van der Waals surface area contributed by atoms with Crippen molar-refractivity contribution in [2.45, 2.75) is 44.6 Å². The highest BCUT2D eigenvalue weighted by Crippen LogP contribution is 2.26. The summed E-state index contributed by atoms with van der Waals surface area (Å²) in [4.78, 5) is 4.76. The molecule has 136 valence electrons. The zero-order valence-corrected chi connectivity index (χ0v) is 16.0. The molecular weight excluding hydrogens is 348 g/mol. The van der Waals surface area contributed by atoms with E-state index < -0.39 is 10.0 Å². The molecule has 0 fully saturated rings. The molecular formula is C19H22N4O2S. The molecule has 26 heavy (non-hydrogen) atoms. The van der Waals surface area contributed by atoms with E-state index in [0.29, 0.717) is 30.3 Å². The first-order chi connectivity index (χ1) is 12.4. The van der Waals surface area contributed by atoms with Gasteiger partial charge in [0.1, 0.15) is 0 Å². The molecule has 0 saturated carbocycles.